The van der Waals surface area contributed by atoms with Gasteiger partial charge in [0.05, 0.1) is 6.10 Å². The quantitative estimate of drug-likeness (QED) is 0.413. The lowest BCUT2D eigenvalue weighted by atomic mass is 9.92. The third-order valence-electron chi connectivity index (χ3n) is 5.61. The van der Waals surface area contributed by atoms with Crippen LogP contribution in [0.15, 0.2) is 48.5 Å². The Labute approximate surface area is 179 Å². The molecule has 1 saturated carbocycles. The fourth-order valence-corrected chi connectivity index (χ4v) is 3.46. The Morgan fingerprint density at radius 2 is 1.40 bits per heavy atom. The summed E-state index contributed by atoms with van der Waals surface area (Å²) < 4.78 is 0. The van der Waals surface area contributed by atoms with Gasteiger partial charge in [-0.1, -0.05) is 37.1 Å². The molecule has 0 bridgehead atoms. The molecule has 1 aliphatic rings. The van der Waals surface area contributed by atoms with Gasteiger partial charge in [0.25, 0.3) is 0 Å². The van der Waals surface area contributed by atoms with E-state index >= 15 is 0 Å². The number of hydrogen-bond acceptors (Lipinski definition) is 6. The van der Waals surface area contributed by atoms with E-state index in [2.05, 4.69) is 12.2 Å². The van der Waals surface area contributed by atoms with Gasteiger partial charge in [0.15, 0.2) is 0 Å². The molecule has 30 heavy (non-hydrogen) atoms. The highest BCUT2D eigenvalue weighted by molar-refractivity contribution is 5.27. The van der Waals surface area contributed by atoms with E-state index in [0.717, 1.165) is 31.2 Å². The summed E-state index contributed by atoms with van der Waals surface area (Å²) in [6.45, 7) is 2.56. The number of rotatable bonds is 7. The summed E-state index contributed by atoms with van der Waals surface area (Å²) in [7, 11) is 0. The fraction of sp³-hybridized carbons (Fsp3) is 0.500. The van der Waals surface area contributed by atoms with Gasteiger partial charge in [0, 0.05) is 24.7 Å². The number of phenolic OH excluding ortho intramolecular Hbond substituents is 2. The van der Waals surface area contributed by atoms with Crippen LogP contribution in [0.25, 0.3) is 0 Å². The molecule has 0 aliphatic heterocycles. The molecule has 166 valence electrons. The standard InChI is InChI=1S/C18H23NO3.C6H14N2/c1-13(2-3-14-4-8-16(20)9-5-14)19-12-18(22)15-6-10-17(21)11-7-15;7-5-3-1-2-4-6(5)8/h4-11,13,18-22H,2-3,12H2,1H3;5-6H,1-4,7-8H2. The van der Waals surface area contributed by atoms with Crippen LogP contribution in [-0.4, -0.2) is 40.0 Å². The molecular formula is C24H37N3O3. The zero-order chi connectivity index (χ0) is 21.9. The predicted molar refractivity (Wildman–Crippen MR) is 121 cm³/mol. The number of aliphatic hydroxyl groups excluding tert-OH is 1. The Kier molecular flexibility index (Phi) is 10.1. The first-order valence-electron chi connectivity index (χ1n) is 10.8. The predicted octanol–water partition coefficient (Wildman–Crippen LogP) is 2.96. The van der Waals surface area contributed by atoms with Gasteiger partial charge in [0.1, 0.15) is 11.5 Å². The van der Waals surface area contributed by atoms with Gasteiger partial charge < -0.3 is 32.1 Å². The highest BCUT2D eigenvalue weighted by Gasteiger charge is 2.16. The number of benzene rings is 2. The van der Waals surface area contributed by atoms with E-state index in [1.54, 1.807) is 36.4 Å². The second kappa shape index (κ2) is 12.5. The summed E-state index contributed by atoms with van der Waals surface area (Å²) in [6, 6.07) is 14.7. The molecule has 1 fully saturated rings. The van der Waals surface area contributed by atoms with Crippen molar-refractivity contribution in [1.82, 2.24) is 5.32 Å². The van der Waals surface area contributed by atoms with E-state index in [1.807, 2.05) is 12.1 Å². The van der Waals surface area contributed by atoms with Crippen molar-refractivity contribution in [3.63, 3.8) is 0 Å². The molecule has 8 N–H and O–H groups in total. The lowest BCUT2D eigenvalue weighted by molar-refractivity contribution is 0.170. The second-order valence-electron chi connectivity index (χ2n) is 8.23. The van der Waals surface area contributed by atoms with Crippen molar-refractivity contribution < 1.29 is 15.3 Å². The van der Waals surface area contributed by atoms with Gasteiger partial charge in [-0.05, 0) is 68.0 Å². The van der Waals surface area contributed by atoms with Gasteiger partial charge >= 0.3 is 0 Å². The molecule has 0 heterocycles. The molecule has 1 aliphatic carbocycles. The molecule has 6 heteroatoms. The number of nitrogens with two attached hydrogens (primary N) is 2. The van der Waals surface area contributed by atoms with E-state index in [0.29, 0.717) is 6.54 Å². The minimum atomic E-state index is -0.586. The Morgan fingerprint density at radius 3 is 1.90 bits per heavy atom. The van der Waals surface area contributed by atoms with E-state index < -0.39 is 6.10 Å². The Hall–Kier alpha value is -2.12. The van der Waals surface area contributed by atoms with Crippen LogP contribution in [0.3, 0.4) is 0 Å². The van der Waals surface area contributed by atoms with Crippen LogP contribution in [0, 0.1) is 0 Å². The first-order valence-corrected chi connectivity index (χ1v) is 10.8. The van der Waals surface area contributed by atoms with Crippen LogP contribution in [0.2, 0.25) is 0 Å². The molecule has 2 aromatic carbocycles. The lowest BCUT2D eigenvalue weighted by Gasteiger charge is -2.24. The van der Waals surface area contributed by atoms with Crippen molar-refractivity contribution in [3.05, 3.63) is 59.7 Å². The van der Waals surface area contributed by atoms with Crippen molar-refractivity contribution >= 4 is 0 Å². The zero-order valence-corrected chi connectivity index (χ0v) is 17.9. The fourth-order valence-electron chi connectivity index (χ4n) is 3.46. The van der Waals surface area contributed by atoms with Crippen molar-refractivity contribution in [3.8, 4) is 11.5 Å². The third kappa shape index (κ3) is 8.71. The number of hydrogen-bond donors (Lipinski definition) is 6. The van der Waals surface area contributed by atoms with Crippen LogP contribution < -0.4 is 16.8 Å². The average molecular weight is 416 g/mol. The van der Waals surface area contributed by atoms with E-state index in [1.165, 1.54) is 18.4 Å². The molecule has 0 spiro atoms. The number of aryl methyl sites for hydroxylation is 1. The average Bonchev–Trinajstić information content (AvgIpc) is 2.75. The normalized spacial score (nSPS) is 20.7. The van der Waals surface area contributed by atoms with Crippen LogP contribution in [0.4, 0.5) is 0 Å². The minimum Gasteiger partial charge on any atom is -0.508 e. The number of aliphatic hydroxyl groups is 1. The van der Waals surface area contributed by atoms with Crippen molar-refractivity contribution in [1.29, 1.82) is 0 Å². The van der Waals surface area contributed by atoms with Gasteiger partial charge in [-0.3, -0.25) is 0 Å². The van der Waals surface area contributed by atoms with Gasteiger partial charge in [-0.25, -0.2) is 0 Å². The highest BCUT2D eigenvalue weighted by atomic mass is 16.3. The number of nitrogens with one attached hydrogen (secondary N) is 1. The maximum atomic E-state index is 10.1. The monoisotopic (exact) mass is 415 g/mol. The van der Waals surface area contributed by atoms with E-state index in [-0.39, 0.29) is 29.6 Å². The topological polar surface area (TPSA) is 125 Å². The molecule has 0 saturated heterocycles. The SMILES string of the molecule is CC(CCc1ccc(O)cc1)NCC(O)c1ccc(O)cc1.NC1CCCCC1N. The summed E-state index contributed by atoms with van der Waals surface area (Å²) in [5.41, 5.74) is 13.3. The maximum absolute atomic E-state index is 10.1. The lowest BCUT2D eigenvalue weighted by Crippen LogP contribution is -2.43. The van der Waals surface area contributed by atoms with E-state index in [4.69, 9.17) is 11.5 Å². The van der Waals surface area contributed by atoms with Crippen molar-refractivity contribution in [2.45, 2.75) is 69.7 Å². The van der Waals surface area contributed by atoms with E-state index in [9.17, 15) is 15.3 Å². The Morgan fingerprint density at radius 1 is 0.900 bits per heavy atom. The second-order valence-corrected chi connectivity index (χ2v) is 8.23. The first kappa shape index (κ1) is 24.2. The zero-order valence-electron chi connectivity index (χ0n) is 17.9. The molecule has 4 unspecified atom stereocenters. The smallest absolute Gasteiger partial charge is 0.115 e. The molecule has 2 aromatic rings. The van der Waals surface area contributed by atoms with Gasteiger partial charge in [0.2, 0.25) is 0 Å². The maximum Gasteiger partial charge on any atom is 0.115 e. The van der Waals surface area contributed by atoms with Crippen LogP contribution >= 0.6 is 0 Å². The third-order valence-corrected chi connectivity index (χ3v) is 5.61. The van der Waals surface area contributed by atoms with Crippen molar-refractivity contribution in [2.24, 2.45) is 11.5 Å². The number of aromatic hydroxyl groups is 2. The molecule has 4 atom stereocenters. The first-order chi connectivity index (χ1) is 14.3. The molecular weight excluding hydrogens is 378 g/mol. The summed E-state index contributed by atoms with van der Waals surface area (Å²) in [4.78, 5) is 0. The molecule has 0 amide bonds. The Balaban J connectivity index is 0.000000335. The summed E-state index contributed by atoms with van der Waals surface area (Å²) in [5.74, 6) is 0.484. The molecule has 0 aromatic heterocycles. The summed E-state index contributed by atoms with van der Waals surface area (Å²) in [5, 5.41) is 31.9. The van der Waals surface area contributed by atoms with Gasteiger partial charge in [-0.2, -0.15) is 0 Å². The van der Waals surface area contributed by atoms with Crippen LogP contribution in [0.5, 0.6) is 11.5 Å². The number of phenols is 2. The minimum absolute atomic E-state index is 0.200. The summed E-state index contributed by atoms with van der Waals surface area (Å²) >= 11 is 0. The summed E-state index contributed by atoms with van der Waals surface area (Å²) in [6.07, 6.45) is 6.08. The van der Waals surface area contributed by atoms with Crippen LogP contribution in [-0.2, 0) is 6.42 Å². The van der Waals surface area contributed by atoms with Gasteiger partial charge in [-0.15, -0.1) is 0 Å². The molecule has 3 rings (SSSR count). The van der Waals surface area contributed by atoms with Crippen molar-refractivity contribution in [2.75, 3.05) is 6.54 Å². The Bertz CT molecular complexity index is 711. The van der Waals surface area contributed by atoms with Crippen LogP contribution in [0.1, 0.15) is 56.3 Å². The molecule has 0 radical (unpaired) electrons. The largest absolute Gasteiger partial charge is 0.508 e. The highest BCUT2D eigenvalue weighted by Crippen LogP contribution is 2.17. The molecule has 6 nitrogen and oxygen atoms in total.